The molecule has 0 spiro atoms. The molecule has 0 aromatic rings. The minimum atomic E-state index is -0.0161. The molecule has 0 aliphatic carbocycles. The van der Waals surface area contributed by atoms with Crippen LogP contribution in [0.25, 0.3) is 0 Å². The van der Waals surface area contributed by atoms with E-state index in [1.54, 1.807) is 0 Å². The van der Waals surface area contributed by atoms with Crippen molar-refractivity contribution in [3.8, 4) is 0 Å². The molecule has 0 amide bonds. The first kappa shape index (κ1) is 17.5. The van der Waals surface area contributed by atoms with Crippen molar-refractivity contribution in [3.63, 3.8) is 0 Å². The average molecular weight is 284 g/mol. The Morgan fingerprint density at radius 1 is 1.10 bits per heavy atom. The van der Waals surface area contributed by atoms with Gasteiger partial charge in [0.25, 0.3) is 0 Å². The Morgan fingerprint density at radius 2 is 1.90 bits per heavy atom. The molecule has 0 N–H and O–H groups in total. The Hall–Kier alpha value is -0.570. The van der Waals surface area contributed by atoms with E-state index in [0.29, 0.717) is 19.1 Å². The summed E-state index contributed by atoms with van der Waals surface area (Å²) >= 11 is 0. The molecule has 20 heavy (non-hydrogen) atoms. The normalized spacial score (nSPS) is 18.4. The number of ether oxygens (including phenoxy) is 2. The fourth-order valence-electron chi connectivity index (χ4n) is 2.65. The number of carbonyl (C=O) groups excluding carboxylic acids is 1. The second-order valence-electron chi connectivity index (χ2n) is 5.87. The Balaban J connectivity index is 1.80. The third-order valence-corrected chi connectivity index (χ3v) is 3.94. The van der Waals surface area contributed by atoms with Gasteiger partial charge in [0.1, 0.15) is 0 Å². The van der Waals surface area contributed by atoms with Crippen LogP contribution in [0.4, 0.5) is 0 Å². The second-order valence-corrected chi connectivity index (χ2v) is 5.87. The van der Waals surface area contributed by atoms with Crippen molar-refractivity contribution in [2.24, 2.45) is 0 Å². The van der Waals surface area contributed by atoms with Gasteiger partial charge in [-0.25, -0.2) is 0 Å². The van der Waals surface area contributed by atoms with E-state index < -0.39 is 0 Å². The molecule has 1 saturated heterocycles. The van der Waals surface area contributed by atoms with Gasteiger partial charge in [-0.2, -0.15) is 0 Å². The lowest BCUT2D eigenvalue weighted by atomic mass is 10.1. The predicted molar refractivity (Wildman–Crippen MR) is 81.8 cm³/mol. The Kier molecular flexibility index (Phi) is 10.7. The summed E-state index contributed by atoms with van der Waals surface area (Å²) in [4.78, 5) is 11.5. The number of hydrogen-bond donors (Lipinski definition) is 0. The van der Waals surface area contributed by atoms with Crippen molar-refractivity contribution in [1.82, 2.24) is 0 Å². The van der Waals surface area contributed by atoms with E-state index in [0.717, 1.165) is 38.7 Å². The highest BCUT2D eigenvalue weighted by molar-refractivity contribution is 5.69. The van der Waals surface area contributed by atoms with E-state index in [-0.39, 0.29) is 5.97 Å². The van der Waals surface area contributed by atoms with Crippen LogP contribution in [0.1, 0.15) is 84.0 Å². The number of unbranched alkanes of at least 4 members (excludes halogenated alkanes) is 6. The molecule has 0 saturated carbocycles. The van der Waals surface area contributed by atoms with Gasteiger partial charge >= 0.3 is 5.97 Å². The van der Waals surface area contributed by atoms with Gasteiger partial charge in [0.2, 0.25) is 0 Å². The van der Waals surface area contributed by atoms with Gasteiger partial charge in [-0.3, -0.25) is 4.79 Å². The maximum absolute atomic E-state index is 11.5. The monoisotopic (exact) mass is 284 g/mol. The summed E-state index contributed by atoms with van der Waals surface area (Å²) in [7, 11) is 0. The van der Waals surface area contributed by atoms with Crippen LogP contribution >= 0.6 is 0 Å². The minimum absolute atomic E-state index is 0.0161. The molecule has 3 nitrogen and oxygen atoms in total. The molecule has 1 fully saturated rings. The molecule has 1 aliphatic heterocycles. The van der Waals surface area contributed by atoms with E-state index in [1.807, 2.05) is 0 Å². The van der Waals surface area contributed by atoms with Crippen molar-refractivity contribution >= 4 is 5.97 Å². The molecule has 1 atom stereocenters. The molecular weight excluding hydrogens is 252 g/mol. The van der Waals surface area contributed by atoms with Crippen molar-refractivity contribution in [1.29, 1.82) is 0 Å². The van der Waals surface area contributed by atoms with Crippen molar-refractivity contribution < 1.29 is 14.3 Å². The summed E-state index contributed by atoms with van der Waals surface area (Å²) in [6.07, 6.45) is 14.0. The standard InChI is InChI=1S/C17H32O3/c1-2-3-4-5-6-7-13-17(18)20-14-9-8-11-16-12-10-15-19-16/h16H,2-15H2,1H3. The smallest absolute Gasteiger partial charge is 0.305 e. The molecule has 1 rings (SSSR count). The SMILES string of the molecule is CCCCCCCCC(=O)OCCCCC1CCCO1. The zero-order valence-corrected chi connectivity index (χ0v) is 13.2. The van der Waals surface area contributed by atoms with Gasteiger partial charge in [0, 0.05) is 13.0 Å². The predicted octanol–water partition coefficient (Wildman–Crippen LogP) is 4.63. The van der Waals surface area contributed by atoms with E-state index >= 15 is 0 Å². The van der Waals surface area contributed by atoms with Crippen LogP contribution in [0.5, 0.6) is 0 Å². The lowest BCUT2D eigenvalue weighted by Gasteiger charge is -2.09. The third kappa shape index (κ3) is 9.35. The number of carbonyl (C=O) groups is 1. The first-order valence-corrected chi connectivity index (χ1v) is 8.60. The van der Waals surface area contributed by atoms with Crippen LogP contribution in [0.2, 0.25) is 0 Å². The maximum Gasteiger partial charge on any atom is 0.305 e. The quantitative estimate of drug-likeness (QED) is 0.387. The first-order valence-electron chi connectivity index (χ1n) is 8.60. The van der Waals surface area contributed by atoms with Gasteiger partial charge < -0.3 is 9.47 Å². The molecule has 1 aliphatic rings. The van der Waals surface area contributed by atoms with Gasteiger partial charge in [-0.05, 0) is 38.5 Å². The zero-order valence-electron chi connectivity index (χ0n) is 13.2. The van der Waals surface area contributed by atoms with Crippen molar-refractivity contribution in [3.05, 3.63) is 0 Å². The van der Waals surface area contributed by atoms with E-state index in [1.165, 1.54) is 38.5 Å². The summed E-state index contributed by atoms with van der Waals surface area (Å²) in [6, 6.07) is 0. The highest BCUT2D eigenvalue weighted by Gasteiger charge is 2.14. The lowest BCUT2D eigenvalue weighted by molar-refractivity contribution is -0.143. The summed E-state index contributed by atoms with van der Waals surface area (Å²) < 4.78 is 10.8. The highest BCUT2D eigenvalue weighted by atomic mass is 16.5. The van der Waals surface area contributed by atoms with Gasteiger partial charge in [0.15, 0.2) is 0 Å². The number of esters is 1. The summed E-state index contributed by atoms with van der Waals surface area (Å²) in [5, 5.41) is 0. The zero-order chi connectivity index (χ0) is 14.5. The fourth-order valence-corrected chi connectivity index (χ4v) is 2.65. The van der Waals surface area contributed by atoms with Crippen molar-refractivity contribution in [2.75, 3.05) is 13.2 Å². The van der Waals surface area contributed by atoms with Gasteiger partial charge in [-0.1, -0.05) is 39.0 Å². The Labute approximate surface area is 124 Å². The summed E-state index contributed by atoms with van der Waals surface area (Å²) in [6.45, 7) is 3.73. The maximum atomic E-state index is 11.5. The molecule has 0 bridgehead atoms. The Morgan fingerprint density at radius 3 is 2.65 bits per heavy atom. The molecule has 0 radical (unpaired) electrons. The largest absolute Gasteiger partial charge is 0.466 e. The summed E-state index contributed by atoms with van der Waals surface area (Å²) in [5.41, 5.74) is 0. The number of rotatable bonds is 12. The van der Waals surface area contributed by atoms with Crippen LogP contribution in [0, 0.1) is 0 Å². The van der Waals surface area contributed by atoms with E-state index in [9.17, 15) is 4.79 Å². The van der Waals surface area contributed by atoms with Crippen LogP contribution in [0.3, 0.4) is 0 Å². The van der Waals surface area contributed by atoms with Crippen LogP contribution < -0.4 is 0 Å². The second kappa shape index (κ2) is 12.2. The van der Waals surface area contributed by atoms with Crippen LogP contribution in [0.15, 0.2) is 0 Å². The summed E-state index contributed by atoms with van der Waals surface area (Å²) in [5.74, 6) is -0.0161. The highest BCUT2D eigenvalue weighted by Crippen LogP contribution is 2.17. The fraction of sp³-hybridized carbons (Fsp3) is 0.941. The Bertz CT molecular complexity index is 234. The van der Waals surface area contributed by atoms with Crippen LogP contribution in [-0.2, 0) is 14.3 Å². The molecule has 3 heteroatoms. The van der Waals surface area contributed by atoms with Gasteiger partial charge in [-0.15, -0.1) is 0 Å². The van der Waals surface area contributed by atoms with Crippen molar-refractivity contribution in [2.45, 2.75) is 90.1 Å². The lowest BCUT2D eigenvalue weighted by Crippen LogP contribution is -2.08. The number of hydrogen-bond acceptors (Lipinski definition) is 3. The molecule has 0 aromatic carbocycles. The van der Waals surface area contributed by atoms with E-state index in [4.69, 9.17) is 9.47 Å². The molecule has 0 aromatic heterocycles. The first-order chi connectivity index (χ1) is 9.83. The molecule has 1 unspecified atom stereocenters. The van der Waals surface area contributed by atoms with E-state index in [2.05, 4.69) is 6.92 Å². The topological polar surface area (TPSA) is 35.5 Å². The van der Waals surface area contributed by atoms with Gasteiger partial charge in [0.05, 0.1) is 12.7 Å². The molecule has 118 valence electrons. The average Bonchev–Trinajstić information content (AvgIpc) is 2.95. The molecule has 1 heterocycles. The molecular formula is C17H32O3. The minimum Gasteiger partial charge on any atom is -0.466 e. The third-order valence-electron chi connectivity index (χ3n) is 3.94. The van der Waals surface area contributed by atoms with Crippen LogP contribution in [-0.4, -0.2) is 25.3 Å².